The lowest BCUT2D eigenvalue weighted by atomic mass is 10.1. The topological polar surface area (TPSA) is 15.3 Å². The van der Waals surface area contributed by atoms with Crippen LogP contribution in [0.4, 0.5) is 5.69 Å². The zero-order valence-corrected chi connectivity index (χ0v) is 12.2. The van der Waals surface area contributed by atoms with Gasteiger partial charge in [0.1, 0.15) is 0 Å². The van der Waals surface area contributed by atoms with E-state index in [1.165, 1.54) is 36.9 Å². The van der Waals surface area contributed by atoms with Crippen LogP contribution in [-0.2, 0) is 0 Å². The van der Waals surface area contributed by atoms with E-state index in [1.54, 1.807) is 0 Å². The number of likely N-dealkylation sites (N-methyl/N-ethyl adjacent to an activating group) is 1. The minimum Gasteiger partial charge on any atom is -0.373 e. The number of nitrogens with one attached hydrogen (secondary N) is 1. The first-order valence-corrected chi connectivity index (χ1v) is 7.75. The largest absolute Gasteiger partial charge is 0.373 e. The van der Waals surface area contributed by atoms with Gasteiger partial charge in [-0.2, -0.15) is 0 Å². The van der Waals surface area contributed by atoms with E-state index < -0.39 is 0 Å². The van der Waals surface area contributed by atoms with Crippen molar-refractivity contribution in [2.45, 2.75) is 38.6 Å². The fourth-order valence-corrected chi connectivity index (χ4v) is 3.02. The molecule has 2 aliphatic carbocycles. The smallest absolute Gasteiger partial charge is 0.0366 e. The predicted molar refractivity (Wildman–Crippen MR) is 81.7 cm³/mol. The van der Waals surface area contributed by atoms with Crippen molar-refractivity contribution in [3.8, 4) is 0 Å². The van der Waals surface area contributed by atoms with E-state index >= 15 is 0 Å². The molecule has 2 saturated carbocycles. The Bertz CT molecular complexity index is 409. The van der Waals surface area contributed by atoms with E-state index in [1.807, 2.05) is 0 Å². The maximum Gasteiger partial charge on any atom is 0.0366 e. The third-order valence-electron chi connectivity index (χ3n) is 4.53. The third-order valence-corrected chi connectivity index (χ3v) is 4.53. The monoisotopic (exact) mass is 258 g/mol. The summed E-state index contributed by atoms with van der Waals surface area (Å²) in [5.74, 6) is 1.99. The Morgan fingerprint density at radius 2 is 1.89 bits per heavy atom. The highest BCUT2D eigenvalue weighted by atomic mass is 15.1. The highest BCUT2D eigenvalue weighted by Gasteiger charge is 2.40. The van der Waals surface area contributed by atoms with Crippen molar-refractivity contribution in [1.82, 2.24) is 5.32 Å². The van der Waals surface area contributed by atoms with Gasteiger partial charge < -0.3 is 10.2 Å². The lowest BCUT2D eigenvalue weighted by molar-refractivity contribution is 0.421. The number of nitrogens with zero attached hydrogens (tertiary/aromatic N) is 1. The summed E-state index contributed by atoms with van der Waals surface area (Å²) >= 11 is 0. The molecule has 1 N–H and O–H groups in total. The predicted octanol–water partition coefficient (Wildman–Crippen LogP) is 3.21. The molecule has 0 aromatic heterocycles. The van der Waals surface area contributed by atoms with Gasteiger partial charge in [-0.15, -0.1) is 0 Å². The lowest BCUT2D eigenvalue weighted by Crippen LogP contribution is -2.38. The summed E-state index contributed by atoms with van der Waals surface area (Å²) < 4.78 is 0. The van der Waals surface area contributed by atoms with E-state index in [-0.39, 0.29) is 0 Å². The summed E-state index contributed by atoms with van der Waals surface area (Å²) in [5.41, 5.74) is 2.67. The average molecular weight is 258 g/mol. The van der Waals surface area contributed by atoms with Crippen molar-refractivity contribution in [2.24, 2.45) is 11.8 Å². The van der Waals surface area contributed by atoms with Crippen LogP contribution in [0.2, 0.25) is 0 Å². The number of anilines is 1. The van der Waals surface area contributed by atoms with E-state index in [4.69, 9.17) is 0 Å². The zero-order valence-electron chi connectivity index (χ0n) is 12.2. The van der Waals surface area contributed by atoms with Gasteiger partial charge in [0.25, 0.3) is 0 Å². The van der Waals surface area contributed by atoms with Crippen LogP contribution < -0.4 is 10.2 Å². The van der Waals surface area contributed by atoms with Gasteiger partial charge in [0.15, 0.2) is 0 Å². The minimum absolute atomic E-state index is 0.825. The second kappa shape index (κ2) is 5.54. The quantitative estimate of drug-likeness (QED) is 0.808. The molecule has 1 aromatic carbocycles. The molecule has 19 heavy (non-hydrogen) atoms. The van der Waals surface area contributed by atoms with Crippen LogP contribution in [0.25, 0.3) is 0 Å². The second-order valence-electron chi connectivity index (χ2n) is 6.42. The molecular formula is C17H26N2. The van der Waals surface area contributed by atoms with E-state index in [0.717, 1.165) is 31.0 Å². The molecule has 0 saturated heterocycles. The summed E-state index contributed by atoms with van der Waals surface area (Å²) in [7, 11) is 2.19. The second-order valence-corrected chi connectivity index (χ2v) is 6.42. The van der Waals surface area contributed by atoms with E-state index in [9.17, 15) is 0 Å². The molecular weight excluding hydrogens is 232 g/mol. The Hall–Kier alpha value is -1.02. The molecule has 0 heterocycles. The van der Waals surface area contributed by atoms with Crippen LogP contribution in [0.5, 0.6) is 0 Å². The molecule has 3 rings (SSSR count). The molecule has 0 radical (unpaired) electrons. The van der Waals surface area contributed by atoms with E-state index in [2.05, 4.69) is 48.5 Å². The molecule has 2 heteroatoms. The molecule has 1 aromatic rings. The lowest BCUT2D eigenvalue weighted by Gasteiger charge is -2.23. The van der Waals surface area contributed by atoms with Crippen molar-refractivity contribution in [3.05, 3.63) is 29.8 Å². The molecule has 0 atom stereocenters. The maximum atomic E-state index is 3.82. The minimum atomic E-state index is 0.825. The van der Waals surface area contributed by atoms with Crippen LogP contribution >= 0.6 is 0 Å². The zero-order chi connectivity index (χ0) is 13.2. The van der Waals surface area contributed by atoms with Crippen molar-refractivity contribution >= 4 is 5.69 Å². The summed E-state index contributed by atoms with van der Waals surface area (Å²) in [6.07, 6.45) is 5.84. The molecule has 0 unspecified atom stereocenters. The molecule has 104 valence electrons. The van der Waals surface area contributed by atoms with Gasteiger partial charge in [-0.25, -0.2) is 0 Å². The van der Waals surface area contributed by atoms with Crippen molar-refractivity contribution in [3.63, 3.8) is 0 Å². The SMILES string of the molecule is Cc1cccc(N(C)CCNC(C2CC2)C2CC2)c1. The fourth-order valence-electron chi connectivity index (χ4n) is 3.02. The average Bonchev–Trinajstić information content (AvgIpc) is 3.28. The molecule has 2 aliphatic rings. The highest BCUT2D eigenvalue weighted by molar-refractivity contribution is 5.47. The maximum absolute atomic E-state index is 3.82. The van der Waals surface area contributed by atoms with Crippen molar-refractivity contribution < 1.29 is 0 Å². The standard InChI is InChI=1S/C17H26N2/c1-13-4-3-5-16(12-13)19(2)11-10-18-17(14-6-7-14)15-8-9-15/h3-5,12,14-15,17-18H,6-11H2,1-2H3. The van der Waals surface area contributed by atoms with Gasteiger partial charge in [0.2, 0.25) is 0 Å². The number of aryl methyl sites for hydroxylation is 1. The number of hydrogen-bond acceptors (Lipinski definition) is 2. The first-order valence-electron chi connectivity index (χ1n) is 7.75. The molecule has 0 aliphatic heterocycles. The molecule has 0 amide bonds. The van der Waals surface area contributed by atoms with Gasteiger partial charge in [-0.1, -0.05) is 12.1 Å². The Morgan fingerprint density at radius 3 is 2.47 bits per heavy atom. The van der Waals surface area contributed by atoms with Crippen LogP contribution in [-0.4, -0.2) is 26.2 Å². The van der Waals surface area contributed by atoms with E-state index in [0.29, 0.717) is 0 Å². The molecule has 2 nitrogen and oxygen atoms in total. The van der Waals surface area contributed by atoms with Gasteiger partial charge in [-0.3, -0.25) is 0 Å². The number of rotatable bonds is 7. The number of benzene rings is 1. The van der Waals surface area contributed by atoms with Crippen LogP contribution in [0.15, 0.2) is 24.3 Å². The van der Waals surface area contributed by atoms with Gasteiger partial charge in [-0.05, 0) is 62.1 Å². The summed E-state index contributed by atoms with van der Waals surface area (Å²) in [4.78, 5) is 2.36. The first-order chi connectivity index (χ1) is 9.24. The normalized spacial score (nSPS) is 18.9. The summed E-state index contributed by atoms with van der Waals surface area (Å²) in [6, 6.07) is 9.59. The van der Waals surface area contributed by atoms with Gasteiger partial charge >= 0.3 is 0 Å². The first kappa shape index (κ1) is 13.0. The Labute approximate surface area is 117 Å². The van der Waals surface area contributed by atoms with Crippen LogP contribution in [0.1, 0.15) is 31.2 Å². The van der Waals surface area contributed by atoms with Gasteiger partial charge in [0, 0.05) is 31.9 Å². The van der Waals surface area contributed by atoms with Gasteiger partial charge in [0.05, 0.1) is 0 Å². The molecule has 2 fully saturated rings. The fraction of sp³-hybridized carbons (Fsp3) is 0.647. The summed E-state index contributed by atoms with van der Waals surface area (Å²) in [5, 5.41) is 3.82. The Kier molecular flexibility index (Phi) is 3.79. The highest BCUT2D eigenvalue weighted by Crippen LogP contribution is 2.44. The van der Waals surface area contributed by atoms with Crippen LogP contribution in [0.3, 0.4) is 0 Å². The van der Waals surface area contributed by atoms with Crippen molar-refractivity contribution in [2.75, 3.05) is 25.0 Å². The van der Waals surface area contributed by atoms with Crippen LogP contribution in [0, 0.1) is 18.8 Å². The van der Waals surface area contributed by atoms with Crippen molar-refractivity contribution in [1.29, 1.82) is 0 Å². The molecule has 0 bridgehead atoms. The molecule has 0 spiro atoms. The third kappa shape index (κ3) is 3.50. The number of hydrogen-bond donors (Lipinski definition) is 1. The Morgan fingerprint density at radius 1 is 1.21 bits per heavy atom. The summed E-state index contributed by atoms with van der Waals surface area (Å²) in [6.45, 7) is 4.37. The Balaban J connectivity index is 1.46.